The van der Waals surface area contributed by atoms with Crippen LogP contribution < -0.4 is 10.1 Å². The van der Waals surface area contributed by atoms with Gasteiger partial charge in [-0.05, 0) is 31.5 Å². The van der Waals surface area contributed by atoms with Crippen LogP contribution in [0.2, 0.25) is 0 Å². The molecule has 1 saturated carbocycles. The predicted molar refractivity (Wildman–Crippen MR) is 85.6 cm³/mol. The van der Waals surface area contributed by atoms with Gasteiger partial charge in [0.2, 0.25) is 0 Å². The Labute approximate surface area is 126 Å². The van der Waals surface area contributed by atoms with Crippen molar-refractivity contribution >= 4 is 11.8 Å². The zero-order valence-electron chi connectivity index (χ0n) is 12.3. The molecule has 1 aromatic carbocycles. The first-order valence-electron chi connectivity index (χ1n) is 7.92. The molecule has 2 unspecified atom stereocenters. The Balaban J connectivity index is 1.62. The van der Waals surface area contributed by atoms with E-state index >= 15 is 0 Å². The molecule has 0 saturated heterocycles. The zero-order valence-corrected chi connectivity index (χ0v) is 13.1. The summed E-state index contributed by atoms with van der Waals surface area (Å²) in [5.41, 5.74) is 0. The van der Waals surface area contributed by atoms with Gasteiger partial charge in [0.15, 0.2) is 0 Å². The number of benzene rings is 1. The van der Waals surface area contributed by atoms with Gasteiger partial charge < -0.3 is 10.1 Å². The summed E-state index contributed by atoms with van der Waals surface area (Å²) in [4.78, 5) is 1.29. The summed E-state index contributed by atoms with van der Waals surface area (Å²) < 4.78 is 6.24. The minimum atomic E-state index is 0.307. The van der Waals surface area contributed by atoms with Crippen molar-refractivity contribution in [1.29, 1.82) is 0 Å². The van der Waals surface area contributed by atoms with E-state index < -0.39 is 0 Å². The molecule has 110 valence electrons. The van der Waals surface area contributed by atoms with Gasteiger partial charge >= 0.3 is 0 Å². The minimum Gasteiger partial charge on any atom is -0.487 e. The van der Waals surface area contributed by atoms with Crippen molar-refractivity contribution in [3.8, 4) is 5.75 Å². The minimum absolute atomic E-state index is 0.307. The van der Waals surface area contributed by atoms with Crippen LogP contribution in [0.3, 0.4) is 0 Å². The van der Waals surface area contributed by atoms with Crippen LogP contribution in [0.5, 0.6) is 5.75 Å². The van der Waals surface area contributed by atoms with Crippen LogP contribution in [0.1, 0.15) is 38.5 Å². The second kappa shape index (κ2) is 6.86. The Morgan fingerprint density at radius 3 is 2.85 bits per heavy atom. The van der Waals surface area contributed by atoms with Gasteiger partial charge in [-0.15, -0.1) is 11.8 Å². The van der Waals surface area contributed by atoms with Gasteiger partial charge in [-0.2, -0.15) is 0 Å². The number of likely N-dealkylation sites (N-methyl/N-ethyl adjacent to an activating group) is 1. The van der Waals surface area contributed by atoms with Gasteiger partial charge in [-0.25, -0.2) is 0 Å². The lowest BCUT2D eigenvalue weighted by atomic mass is 9.84. The number of hydrogen-bond donors (Lipinski definition) is 1. The van der Waals surface area contributed by atoms with Gasteiger partial charge in [-0.1, -0.05) is 44.2 Å². The van der Waals surface area contributed by atoms with Gasteiger partial charge in [0.05, 0.1) is 0 Å². The topological polar surface area (TPSA) is 21.3 Å². The second-order valence-electron chi connectivity index (χ2n) is 6.05. The van der Waals surface area contributed by atoms with E-state index in [9.17, 15) is 0 Å². The Kier molecular flexibility index (Phi) is 4.90. The van der Waals surface area contributed by atoms with Crippen molar-refractivity contribution in [2.75, 3.05) is 12.8 Å². The summed E-state index contributed by atoms with van der Waals surface area (Å²) in [5, 5.41) is 3.51. The SMILES string of the molecule is CNC(CC1CCCCC1)C1CSc2ccccc2O1. The predicted octanol–water partition coefficient (Wildman–Crippen LogP) is 4.10. The van der Waals surface area contributed by atoms with E-state index in [1.54, 1.807) is 0 Å². The molecule has 3 heteroatoms. The maximum Gasteiger partial charge on any atom is 0.133 e. The highest BCUT2D eigenvalue weighted by atomic mass is 32.2. The molecule has 0 aromatic heterocycles. The Morgan fingerprint density at radius 2 is 2.05 bits per heavy atom. The van der Waals surface area contributed by atoms with Crippen molar-refractivity contribution in [2.45, 2.75) is 55.6 Å². The molecule has 0 amide bonds. The van der Waals surface area contributed by atoms with Crippen LogP contribution in [0.25, 0.3) is 0 Å². The molecule has 1 aliphatic heterocycles. The lowest BCUT2D eigenvalue weighted by Gasteiger charge is -2.34. The molecular formula is C17H25NOS. The number of para-hydroxylation sites is 1. The molecule has 2 nitrogen and oxygen atoms in total. The Bertz CT molecular complexity index is 431. The lowest BCUT2D eigenvalue weighted by Crippen LogP contribution is -2.45. The van der Waals surface area contributed by atoms with Crippen molar-refractivity contribution in [3.63, 3.8) is 0 Å². The fourth-order valence-corrected chi connectivity index (χ4v) is 4.55. The van der Waals surface area contributed by atoms with Gasteiger partial charge in [-0.3, -0.25) is 0 Å². The molecule has 1 aromatic rings. The van der Waals surface area contributed by atoms with Crippen molar-refractivity contribution < 1.29 is 4.74 Å². The summed E-state index contributed by atoms with van der Waals surface area (Å²) in [5.74, 6) is 3.03. The standard InChI is InChI=1S/C17H25NOS/c1-18-14(11-13-7-3-2-4-8-13)16-12-20-17-10-6-5-9-15(17)19-16/h5-6,9-10,13-14,16,18H,2-4,7-8,11-12H2,1H3. The van der Waals surface area contributed by atoms with E-state index in [2.05, 4.69) is 36.6 Å². The quantitative estimate of drug-likeness (QED) is 0.902. The summed E-state index contributed by atoms with van der Waals surface area (Å²) in [6.45, 7) is 0. The Hall–Kier alpha value is -0.670. The van der Waals surface area contributed by atoms with E-state index in [0.717, 1.165) is 17.4 Å². The fraction of sp³-hybridized carbons (Fsp3) is 0.647. The smallest absolute Gasteiger partial charge is 0.133 e. The first-order valence-corrected chi connectivity index (χ1v) is 8.91. The van der Waals surface area contributed by atoms with E-state index in [4.69, 9.17) is 4.74 Å². The third-order valence-corrected chi connectivity index (χ3v) is 5.81. The largest absolute Gasteiger partial charge is 0.487 e. The number of rotatable bonds is 4. The van der Waals surface area contributed by atoms with Crippen LogP contribution in [-0.2, 0) is 0 Å². The summed E-state index contributed by atoms with van der Waals surface area (Å²) in [7, 11) is 2.09. The van der Waals surface area contributed by atoms with Crippen LogP contribution in [0, 0.1) is 5.92 Å². The first-order chi connectivity index (χ1) is 9.86. The molecule has 0 bridgehead atoms. The molecule has 1 heterocycles. The van der Waals surface area contributed by atoms with Gasteiger partial charge in [0.1, 0.15) is 11.9 Å². The first kappa shape index (κ1) is 14.3. The average molecular weight is 291 g/mol. The number of nitrogens with one attached hydrogen (secondary N) is 1. The molecule has 2 atom stereocenters. The summed E-state index contributed by atoms with van der Waals surface area (Å²) in [6, 6.07) is 8.90. The molecular weight excluding hydrogens is 266 g/mol. The third kappa shape index (κ3) is 3.32. The number of thioether (sulfide) groups is 1. The van der Waals surface area contributed by atoms with Crippen molar-refractivity contribution in [3.05, 3.63) is 24.3 Å². The number of fused-ring (bicyclic) bond motifs is 1. The molecule has 0 spiro atoms. The highest BCUT2D eigenvalue weighted by molar-refractivity contribution is 7.99. The number of ether oxygens (including phenoxy) is 1. The highest BCUT2D eigenvalue weighted by Crippen LogP contribution is 2.37. The number of hydrogen-bond acceptors (Lipinski definition) is 3. The second-order valence-corrected chi connectivity index (χ2v) is 7.11. The van der Waals surface area contributed by atoms with Crippen LogP contribution in [-0.4, -0.2) is 24.9 Å². The lowest BCUT2D eigenvalue weighted by molar-refractivity contribution is 0.147. The molecule has 1 aliphatic carbocycles. The van der Waals surface area contributed by atoms with Crippen LogP contribution in [0.15, 0.2) is 29.2 Å². The van der Waals surface area contributed by atoms with E-state index in [1.807, 2.05) is 11.8 Å². The average Bonchev–Trinajstić information content (AvgIpc) is 2.53. The van der Waals surface area contributed by atoms with Gasteiger partial charge in [0, 0.05) is 16.7 Å². The van der Waals surface area contributed by atoms with Crippen molar-refractivity contribution in [1.82, 2.24) is 5.32 Å². The zero-order chi connectivity index (χ0) is 13.8. The molecule has 3 rings (SSSR count). The van der Waals surface area contributed by atoms with Gasteiger partial charge in [0.25, 0.3) is 0 Å². The molecule has 0 radical (unpaired) electrons. The van der Waals surface area contributed by atoms with Crippen LogP contribution in [0.4, 0.5) is 0 Å². The molecule has 20 heavy (non-hydrogen) atoms. The Morgan fingerprint density at radius 1 is 1.25 bits per heavy atom. The maximum atomic E-state index is 6.24. The van der Waals surface area contributed by atoms with E-state index in [0.29, 0.717) is 12.1 Å². The maximum absolute atomic E-state index is 6.24. The molecule has 2 aliphatic rings. The van der Waals surface area contributed by atoms with Crippen LogP contribution >= 0.6 is 11.8 Å². The van der Waals surface area contributed by atoms with E-state index in [-0.39, 0.29) is 0 Å². The summed E-state index contributed by atoms with van der Waals surface area (Å²) >= 11 is 1.94. The molecule has 1 N–H and O–H groups in total. The monoisotopic (exact) mass is 291 g/mol. The normalized spacial score (nSPS) is 24.8. The van der Waals surface area contributed by atoms with E-state index in [1.165, 1.54) is 43.4 Å². The fourth-order valence-electron chi connectivity index (χ4n) is 3.47. The summed E-state index contributed by atoms with van der Waals surface area (Å²) in [6.07, 6.45) is 8.67. The van der Waals surface area contributed by atoms with Crippen molar-refractivity contribution in [2.24, 2.45) is 5.92 Å². The third-order valence-electron chi connectivity index (χ3n) is 4.66. The highest BCUT2D eigenvalue weighted by Gasteiger charge is 2.29. The molecule has 1 fully saturated rings.